The lowest BCUT2D eigenvalue weighted by Crippen LogP contribution is -2.36. The summed E-state index contributed by atoms with van der Waals surface area (Å²) in [5.74, 6) is 0. The Balaban J connectivity index is 1.83. The number of methoxy groups -OCH3 is 1. The van der Waals surface area contributed by atoms with Crippen molar-refractivity contribution in [3.8, 4) is 5.69 Å². The van der Waals surface area contributed by atoms with E-state index in [-0.39, 0.29) is 6.03 Å². The van der Waals surface area contributed by atoms with Gasteiger partial charge in [0.15, 0.2) is 0 Å². The monoisotopic (exact) mass is 276 g/mol. The molecule has 2 aromatic rings. The Kier molecular flexibility index (Phi) is 5.01. The fourth-order valence-electron chi connectivity index (χ4n) is 1.50. The second-order valence-electron chi connectivity index (χ2n) is 3.96. The second-order valence-corrected chi connectivity index (χ2v) is 3.96. The Morgan fingerprint density at radius 2 is 2.15 bits per heavy atom. The summed E-state index contributed by atoms with van der Waals surface area (Å²) in [4.78, 5) is 15.4. The highest BCUT2D eigenvalue weighted by molar-refractivity contribution is 5.73. The molecule has 0 spiro atoms. The molecule has 20 heavy (non-hydrogen) atoms. The molecule has 0 aliphatic heterocycles. The van der Waals surface area contributed by atoms with Gasteiger partial charge in [-0.1, -0.05) is 5.21 Å². The SMILES string of the molecule is COCCNC(=O)NCc1cn(-c2ccncc2)nn1. The number of nitrogens with zero attached hydrogens (tertiary/aromatic N) is 4. The Hall–Kier alpha value is -2.48. The Morgan fingerprint density at radius 1 is 1.35 bits per heavy atom. The Labute approximate surface area is 116 Å². The molecule has 0 bridgehead atoms. The minimum atomic E-state index is -0.263. The summed E-state index contributed by atoms with van der Waals surface area (Å²) < 4.78 is 6.46. The number of urea groups is 1. The van der Waals surface area contributed by atoms with Crippen molar-refractivity contribution in [3.05, 3.63) is 36.4 Å². The number of hydrogen-bond donors (Lipinski definition) is 2. The first-order valence-electron chi connectivity index (χ1n) is 6.12. The van der Waals surface area contributed by atoms with Crippen LogP contribution in [0, 0.1) is 0 Å². The molecule has 2 N–H and O–H groups in total. The van der Waals surface area contributed by atoms with Crippen molar-refractivity contribution in [1.82, 2.24) is 30.6 Å². The second kappa shape index (κ2) is 7.19. The van der Waals surface area contributed by atoms with E-state index < -0.39 is 0 Å². The van der Waals surface area contributed by atoms with E-state index in [0.29, 0.717) is 25.4 Å². The molecule has 2 rings (SSSR count). The summed E-state index contributed by atoms with van der Waals surface area (Å²) in [6.07, 6.45) is 5.11. The van der Waals surface area contributed by atoms with Gasteiger partial charge < -0.3 is 15.4 Å². The van der Waals surface area contributed by atoms with Crippen molar-refractivity contribution in [1.29, 1.82) is 0 Å². The molecule has 0 unspecified atom stereocenters. The number of ether oxygens (including phenoxy) is 1. The molecule has 106 valence electrons. The van der Waals surface area contributed by atoms with E-state index in [1.54, 1.807) is 30.4 Å². The topological polar surface area (TPSA) is 94.0 Å². The first kappa shape index (κ1) is 13.9. The molecule has 8 heteroatoms. The highest BCUT2D eigenvalue weighted by Gasteiger charge is 2.04. The number of carbonyl (C=O) groups excluding carboxylic acids is 1. The van der Waals surface area contributed by atoms with Crippen molar-refractivity contribution >= 4 is 6.03 Å². The van der Waals surface area contributed by atoms with Gasteiger partial charge in [-0.15, -0.1) is 5.10 Å². The van der Waals surface area contributed by atoms with Gasteiger partial charge in [-0.05, 0) is 12.1 Å². The minimum absolute atomic E-state index is 0.263. The minimum Gasteiger partial charge on any atom is -0.383 e. The van der Waals surface area contributed by atoms with Crippen LogP contribution in [-0.4, -0.2) is 46.3 Å². The van der Waals surface area contributed by atoms with Crippen LogP contribution in [0.1, 0.15) is 5.69 Å². The van der Waals surface area contributed by atoms with E-state index in [9.17, 15) is 4.79 Å². The van der Waals surface area contributed by atoms with Crippen molar-refractivity contribution in [2.45, 2.75) is 6.54 Å². The fraction of sp³-hybridized carbons (Fsp3) is 0.333. The molecule has 2 amide bonds. The van der Waals surface area contributed by atoms with Crippen LogP contribution in [0.2, 0.25) is 0 Å². The lowest BCUT2D eigenvalue weighted by Gasteiger charge is -2.05. The van der Waals surface area contributed by atoms with Crippen LogP contribution in [0.15, 0.2) is 30.7 Å². The highest BCUT2D eigenvalue weighted by atomic mass is 16.5. The van der Waals surface area contributed by atoms with Gasteiger partial charge in [-0.2, -0.15) is 0 Å². The lowest BCUT2D eigenvalue weighted by molar-refractivity contribution is 0.196. The van der Waals surface area contributed by atoms with E-state index in [1.165, 1.54) is 0 Å². The maximum atomic E-state index is 11.4. The Morgan fingerprint density at radius 3 is 2.90 bits per heavy atom. The third kappa shape index (κ3) is 4.02. The maximum absolute atomic E-state index is 11.4. The van der Waals surface area contributed by atoms with Crippen molar-refractivity contribution < 1.29 is 9.53 Å². The summed E-state index contributed by atoms with van der Waals surface area (Å²) in [6, 6.07) is 3.38. The van der Waals surface area contributed by atoms with Gasteiger partial charge in [-0.25, -0.2) is 9.48 Å². The zero-order valence-corrected chi connectivity index (χ0v) is 11.1. The maximum Gasteiger partial charge on any atom is 0.315 e. The molecule has 0 fully saturated rings. The molecule has 2 aromatic heterocycles. The predicted molar refractivity (Wildman–Crippen MR) is 71.3 cm³/mol. The van der Waals surface area contributed by atoms with E-state index in [4.69, 9.17) is 4.74 Å². The summed E-state index contributed by atoms with van der Waals surface area (Å²) in [6.45, 7) is 1.25. The summed E-state index contributed by atoms with van der Waals surface area (Å²) in [5, 5.41) is 13.3. The smallest absolute Gasteiger partial charge is 0.315 e. The van der Waals surface area contributed by atoms with Crippen LogP contribution in [0.25, 0.3) is 5.69 Å². The normalized spacial score (nSPS) is 10.2. The van der Waals surface area contributed by atoms with Gasteiger partial charge >= 0.3 is 6.03 Å². The third-order valence-corrected chi connectivity index (χ3v) is 2.49. The van der Waals surface area contributed by atoms with Crippen LogP contribution in [-0.2, 0) is 11.3 Å². The zero-order chi connectivity index (χ0) is 14.2. The summed E-state index contributed by atoms with van der Waals surface area (Å²) in [5.41, 5.74) is 1.53. The summed E-state index contributed by atoms with van der Waals surface area (Å²) >= 11 is 0. The molecule has 0 radical (unpaired) electrons. The highest BCUT2D eigenvalue weighted by Crippen LogP contribution is 2.04. The number of aromatic nitrogens is 4. The quantitative estimate of drug-likeness (QED) is 0.730. The number of nitrogens with one attached hydrogen (secondary N) is 2. The van der Waals surface area contributed by atoms with Gasteiger partial charge in [0, 0.05) is 26.0 Å². The first-order valence-corrected chi connectivity index (χ1v) is 6.12. The van der Waals surface area contributed by atoms with Gasteiger partial charge in [0.2, 0.25) is 0 Å². The van der Waals surface area contributed by atoms with E-state index in [2.05, 4.69) is 25.9 Å². The van der Waals surface area contributed by atoms with Crippen LogP contribution >= 0.6 is 0 Å². The van der Waals surface area contributed by atoms with Crippen LogP contribution < -0.4 is 10.6 Å². The number of hydrogen-bond acceptors (Lipinski definition) is 5. The fourth-order valence-corrected chi connectivity index (χ4v) is 1.50. The van der Waals surface area contributed by atoms with Crippen molar-refractivity contribution in [2.75, 3.05) is 20.3 Å². The molecular formula is C12H16N6O2. The largest absolute Gasteiger partial charge is 0.383 e. The first-order chi connectivity index (χ1) is 9.79. The molecule has 8 nitrogen and oxygen atoms in total. The number of carbonyl (C=O) groups is 1. The molecule has 0 aliphatic carbocycles. The molecular weight excluding hydrogens is 260 g/mol. The molecule has 0 atom stereocenters. The van der Waals surface area contributed by atoms with Gasteiger partial charge in [0.25, 0.3) is 0 Å². The molecule has 2 heterocycles. The van der Waals surface area contributed by atoms with Gasteiger partial charge in [-0.3, -0.25) is 4.98 Å². The van der Waals surface area contributed by atoms with Gasteiger partial charge in [0.05, 0.1) is 25.0 Å². The van der Waals surface area contributed by atoms with Crippen molar-refractivity contribution in [3.63, 3.8) is 0 Å². The number of rotatable bonds is 6. The average Bonchev–Trinajstić information content (AvgIpc) is 2.95. The zero-order valence-electron chi connectivity index (χ0n) is 11.1. The summed E-state index contributed by atoms with van der Waals surface area (Å²) in [7, 11) is 1.58. The van der Waals surface area contributed by atoms with E-state index >= 15 is 0 Å². The molecule has 0 aliphatic rings. The molecule has 0 saturated carbocycles. The predicted octanol–water partition coefficient (Wildman–Crippen LogP) is 0.108. The van der Waals surface area contributed by atoms with Crippen LogP contribution in [0.4, 0.5) is 4.79 Å². The van der Waals surface area contributed by atoms with Gasteiger partial charge in [0.1, 0.15) is 5.69 Å². The molecule has 0 aromatic carbocycles. The standard InChI is InChI=1S/C12H16N6O2/c1-20-7-6-14-12(19)15-8-10-9-18(17-16-10)11-2-4-13-5-3-11/h2-5,9H,6-8H2,1H3,(H2,14,15,19). The van der Waals surface area contributed by atoms with Crippen LogP contribution in [0.3, 0.4) is 0 Å². The Bertz CT molecular complexity index is 542. The van der Waals surface area contributed by atoms with Crippen molar-refractivity contribution in [2.24, 2.45) is 0 Å². The number of amides is 2. The van der Waals surface area contributed by atoms with Crippen LogP contribution in [0.5, 0.6) is 0 Å². The number of pyridine rings is 1. The third-order valence-electron chi connectivity index (χ3n) is 2.49. The molecule has 0 saturated heterocycles. The van der Waals surface area contributed by atoms with E-state index in [0.717, 1.165) is 5.69 Å². The lowest BCUT2D eigenvalue weighted by atomic mass is 10.4. The van der Waals surface area contributed by atoms with E-state index in [1.807, 2.05) is 12.1 Å². The average molecular weight is 276 g/mol.